The molecule has 0 heterocycles. The molecular weight excluding hydrogens is 529 g/mol. The van der Waals surface area contributed by atoms with Gasteiger partial charge in [0.1, 0.15) is 5.60 Å². The van der Waals surface area contributed by atoms with Gasteiger partial charge in [0.05, 0.1) is 0 Å². The van der Waals surface area contributed by atoms with E-state index >= 15 is 0 Å². The number of aliphatic carboxylic acids is 1. The molecule has 0 aliphatic rings. The summed E-state index contributed by atoms with van der Waals surface area (Å²) in [6, 6.07) is 13.7. The highest BCUT2D eigenvalue weighted by Crippen LogP contribution is 2.09. The number of hydrogen-bond donors (Lipinski definition) is 4. The normalized spacial score (nSPS) is 9.34. The number of halogens is 2. The Morgan fingerprint density at radius 2 is 1.34 bits per heavy atom. The molecule has 204 valence electrons. The van der Waals surface area contributed by atoms with Crippen LogP contribution in [0.1, 0.15) is 45.2 Å². The summed E-state index contributed by atoms with van der Waals surface area (Å²) in [5.41, 5.74) is 6.16. The Balaban J connectivity index is 0.000000549. The number of carbonyl (C=O) groups excluding carboxylic acids is 2. The van der Waals surface area contributed by atoms with Crippen molar-refractivity contribution in [2.24, 2.45) is 5.73 Å². The summed E-state index contributed by atoms with van der Waals surface area (Å²) < 4.78 is 4.93. The zero-order valence-corrected chi connectivity index (χ0v) is 23.4. The largest absolute Gasteiger partial charge is 0.472 e. The zero-order valence-electron chi connectivity index (χ0n) is 21.9. The fourth-order valence-corrected chi connectivity index (χ4v) is 2.34. The minimum atomic E-state index is -1.13. The van der Waals surface area contributed by atoms with Gasteiger partial charge in [-0.2, -0.15) is 0 Å². The maximum Gasteiger partial charge on any atom is 0.407 e. The van der Waals surface area contributed by atoms with Crippen molar-refractivity contribution in [3.63, 3.8) is 0 Å². The first-order chi connectivity index (χ1) is 17.9. The van der Waals surface area contributed by atoms with E-state index in [4.69, 9.17) is 38.8 Å². The number of nitrogens with two attached hydrogens (primary N) is 1. The summed E-state index contributed by atoms with van der Waals surface area (Å²) >= 11 is 11.3. The molecule has 0 aromatic heterocycles. The number of benzene rings is 2. The molecule has 8 nitrogen and oxygen atoms in total. The lowest BCUT2D eigenvalue weighted by molar-refractivity contribution is -0.130. The van der Waals surface area contributed by atoms with Crippen LogP contribution >= 0.6 is 23.2 Å². The highest BCUT2D eigenvalue weighted by atomic mass is 35.5. The quantitative estimate of drug-likeness (QED) is 0.407. The molecule has 0 aliphatic carbocycles. The number of hydrogen-bond acceptors (Lipinski definition) is 5. The van der Waals surface area contributed by atoms with Crippen molar-refractivity contribution in [1.29, 1.82) is 0 Å². The van der Waals surface area contributed by atoms with Crippen LogP contribution in [0, 0.1) is 23.7 Å². The molecule has 5 N–H and O–H groups in total. The Labute approximate surface area is 234 Å². The van der Waals surface area contributed by atoms with Gasteiger partial charge in [-0.3, -0.25) is 4.79 Å². The Morgan fingerprint density at radius 3 is 1.74 bits per heavy atom. The predicted molar refractivity (Wildman–Crippen MR) is 151 cm³/mol. The molecule has 2 rings (SSSR count). The lowest BCUT2D eigenvalue weighted by atomic mass is 10.2. The van der Waals surface area contributed by atoms with Crippen molar-refractivity contribution < 1.29 is 24.2 Å². The van der Waals surface area contributed by atoms with Gasteiger partial charge in [-0.1, -0.05) is 42.0 Å². The van der Waals surface area contributed by atoms with E-state index in [9.17, 15) is 14.4 Å². The third-order valence-corrected chi connectivity index (χ3v) is 4.17. The van der Waals surface area contributed by atoms with Crippen molar-refractivity contribution >= 4 is 41.2 Å². The molecule has 0 saturated carbocycles. The second-order valence-electron chi connectivity index (χ2n) is 8.29. The summed E-state index contributed by atoms with van der Waals surface area (Å²) in [5.74, 6) is 8.36. The minimum Gasteiger partial charge on any atom is -0.472 e. The Morgan fingerprint density at radius 1 is 0.868 bits per heavy atom. The van der Waals surface area contributed by atoms with Gasteiger partial charge < -0.3 is 26.2 Å². The van der Waals surface area contributed by atoms with Crippen LogP contribution in [-0.2, 0) is 14.3 Å². The average molecular weight is 562 g/mol. The van der Waals surface area contributed by atoms with Gasteiger partial charge in [-0.05, 0) is 75.7 Å². The smallest absolute Gasteiger partial charge is 0.407 e. The van der Waals surface area contributed by atoms with Crippen LogP contribution in [-0.4, -0.2) is 48.3 Å². The molecule has 0 saturated heterocycles. The number of alkyl carbamates (subject to hydrolysis) is 1. The number of amides is 2. The molecule has 0 unspecified atom stereocenters. The van der Waals surface area contributed by atoms with Crippen LogP contribution in [0.5, 0.6) is 0 Å². The lowest BCUT2D eigenvalue weighted by Gasteiger charge is -2.19. The topological polar surface area (TPSA) is 131 Å². The summed E-state index contributed by atoms with van der Waals surface area (Å²) in [7, 11) is 0. The van der Waals surface area contributed by atoms with Gasteiger partial charge in [0.15, 0.2) is 0 Å². The molecule has 0 bridgehead atoms. The predicted octanol–water partition coefficient (Wildman–Crippen LogP) is 4.46. The van der Waals surface area contributed by atoms with E-state index in [-0.39, 0.29) is 5.91 Å². The van der Waals surface area contributed by atoms with Crippen LogP contribution < -0.4 is 16.4 Å². The number of carboxylic acid groups (broad SMARTS) is 1. The molecule has 0 fully saturated rings. The standard InChI is InChI=1S/C12H12ClNO.C9H5ClO2.C7H16N2O2/c1-2-9-14-12(15)8-5-10-3-6-11(13)7-4-10;10-8-4-1-7(2-5-8)3-6-9(11)12;1-7(2,3)11-6(10)9-5-4-8/h3-4,6-7H,2,9H2,1H3,(H,14,15);1-2,4-5H,(H,11,12);4-5,8H2,1-3H3,(H,9,10). The van der Waals surface area contributed by atoms with E-state index in [1.807, 2.05) is 33.6 Å². The third-order valence-electron chi connectivity index (χ3n) is 3.67. The SMILES string of the molecule is CC(C)(C)OC(=O)NCCN.CCCNC(=O)C#Cc1ccc(Cl)cc1.O=C(O)C#Cc1ccc(Cl)cc1. The van der Waals surface area contributed by atoms with Crippen LogP contribution in [0.4, 0.5) is 4.79 Å². The molecule has 38 heavy (non-hydrogen) atoms. The number of carboxylic acids is 1. The first-order valence-electron chi connectivity index (χ1n) is 11.6. The van der Waals surface area contributed by atoms with Crippen LogP contribution in [0.3, 0.4) is 0 Å². The molecule has 0 spiro atoms. The van der Waals surface area contributed by atoms with Gasteiger partial charge in [-0.25, -0.2) is 9.59 Å². The molecule has 10 heteroatoms. The molecule has 2 aromatic rings. The second-order valence-corrected chi connectivity index (χ2v) is 9.17. The number of nitrogens with one attached hydrogen (secondary N) is 2. The van der Waals surface area contributed by atoms with Crippen LogP contribution in [0.25, 0.3) is 0 Å². The monoisotopic (exact) mass is 561 g/mol. The zero-order chi connectivity index (χ0) is 29.0. The molecule has 0 atom stereocenters. The molecule has 0 aliphatic heterocycles. The van der Waals surface area contributed by atoms with Gasteiger partial charge in [0.25, 0.3) is 5.91 Å². The lowest BCUT2D eigenvalue weighted by Crippen LogP contribution is -2.35. The number of ether oxygens (including phenoxy) is 1. The van der Waals surface area contributed by atoms with E-state index in [0.29, 0.717) is 35.2 Å². The fourth-order valence-electron chi connectivity index (χ4n) is 2.09. The Bertz CT molecular complexity index is 1140. The highest BCUT2D eigenvalue weighted by Gasteiger charge is 2.14. The summed E-state index contributed by atoms with van der Waals surface area (Å²) in [4.78, 5) is 32.0. The average Bonchev–Trinajstić information content (AvgIpc) is 2.85. The maximum absolute atomic E-state index is 11.1. The highest BCUT2D eigenvalue weighted by molar-refractivity contribution is 6.30. The van der Waals surface area contributed by atoms with Crippen molar-refractivity contribution in [2.75, 3.05) is 19.6 Å². The van der Waals surface area contributed by atoms with Crippen molar-refractivity contribution in [1.82, 2.24) is 10.6 Å². The van der Waals surface area contributed by atoms with Gasteiger partial charge in [0, 0.05) is 52.6 Å². The van der Waals surface area contributed by atoms with E-state index < -0.39 is 17.7 Å². The first-order valence-corrected chi connectivity index (χ1v) is 12.3. The summed E-state index contributed by atoms with van der Waals surface area (Å²) in [5, 5.41) is 14.7. The van der Waals surface area contributed by atoms with E-state index in [1.165, 1.54) is 0 Å². The van der Waals surface area contributed by atoms with E-state index in [1.54, 1.807) is 48.5 Å². The summed E-state index contributed by atoms with van der Waals surface area (Å²) in [6.45, 7) is 8.98. The Hall–Kier alpha value is -3.69. The minimum absolute atomic E-state index is 0.244. The molecule has 2 amide bonds. The van der Waals surface area contributed by atoms with Crippen molar-refractivity contribution in [2.45, 2.75) is 39.7 Å². The van der Waals surface area contributed by atoms with E-state index in [2.05, 4.69) is 28.4 Å². The third kappa shape index (κ3) is 20.5. The fraction of sp³-hybridized carbons (Fsp3) is 0.321. The number of carbonyl (C=O) groups is 3. The van der Waals surface area contributed by atoms with Crippen LogP contribution in [0.2, 0.25) is 10.0 Å². The van der Waals surface area contributed by atoms with E-state index in [0.717, 1.165) is 12.0 Å². The maximum atomic E-state index is 11.1. The van der Waals surface area contributed by atoms with Crippen molar-refractivity contribution in [3.8, 4) is 23.7 Å². The molecule has 2 aromatic carbocycles. The molecular formula is C28H33Cl2N3O5. The molecule has 0 radical (unpaired) electrons. The van der Waals surface area contributed by atoms with Gasteiger partial charge >= 0.3 is 12.1 Å². The van der Waals surface area contributed by atoms with Gasteiger partial charge in [0.2, 0.25) is 0 Å². The number of rotatable bonds is 4. The van der Waals surface area contributed by atoms with Gasteiger partial charge in [-0.15, -0.1) is 0 Å². The second kappa shape index (κ2) is 19.4. The Kier molecular flexibility index (Phi) is 17.5. The summed E-state index contributed by atoms with van der Waals surface area (Å²) in [6.07, 6.45) is 0.497. The first kappa shape index (κ1) is 34.3. The van der Waals surface area contributed by atoms with Crippen LogP contribution in [0.15, 0.2) is 48.5 Å². The van der Waals surface area contributed by atoms with Crippen molar-refractivity contribution in [3.05, 3.63) is 69.7 Å².